The predicted octanol–water partition coefficient (Wildman–Crippen LogP) is 18.2. The Balaban J connectivity index is 4.38. The molecule has 0 saturated carbocycles. The summed E-state index contributed by atoms with van der Waals surface area (Å²) in [5.41, 5.74) is 0. The molecule has 0 aliphatic rings. The number of hydrogen-bond donors (Lipinski definition) is 0. The highest BCUT2D eigenvalue weighted by molar-refractivity contribution is 5.71. The number of unbranched alkanes of at least 4 members (excludes halogenated alkanes) is 26. The molecular formula is C59H102O6. The second kappa shape index (κ2) is 53.5. The van der Waals surface area contributed by atoms with Gasteiger partial charge in [0.15, 0.2) is 6.10 Å². The van der Waals surface area contributed by atoms with Crippen LogP contribution in [0.3, 0.4) is 0 Å². The maximum atomic E-state index is 12.8. The zero-order chi connectivity index (χ0) is 47.2. The first-order valence-electron chi connectivity index (χ1n) is 27.4. The molecule has 0 fully saturated rings. The fourth-order valence-corrected chi connectivity index (χ4v) is 7.61. The van der Waals surface area contributed by atoms with Crippen LogP contribution in [0.1, 0.15) is 265 Å². The van der Waals surface area contributed by atoms with E-state index in [1.165, 1.54) is 116 Å². The van der Waals surface area contributed by atoms with E-state index >= 15 is 0 Å². The third kappa shape index (κ3) is 51.7. The van der Waals surface area contributed by atoms with E-state index < -0.39 is 6.10 Å². The van der Waals surface area contributed by atoms with Crippen LogP contribution in [-0.2, 0) is 28.6 Å². The van der Waals surface area contributed by atoms with E-state index in [4.69, 9.17) is 14.2 Å². The highest BCUT2D eigenvalue weighted by atomic mass is 16.6. The van der Waals surface area contributed by atoms with Crippen LogP contribution in [0.4, 0.5) is 0 Å². The van der Waals surface area contributed by atoms with Gasteiger partial charge in [0, 0.05) is 19.3 Å². The first-order valence-corrected chi connectivity index (χ1v) is 27.4. The van der Waals surface area contributed by atoms with Crippen LogP contribution in [0.2, 0.25) is 0 Å². The second-order valence-corrected chi connectivity index (χ2v) is 18.1. The van der Waals surface area contributed by atoms with Gasteiger partial charge in [0.2, 0.25) is 0 Å². The summed E-state index contributed by atoms with van der Waals surface area (Å²) in [5.74, 6) is -0.910. The largest absolute Gasteiger partial charge is 0.462 e. The standard InChI is InChI=1S/C59H102O6/c1-4-7-10-13-16-19-22-25-28-29-30-31-32-35-37-40-43-46-49-52-58(61)64-55-56(65-59(62)53-50-47-44-41-38-34-27-24-21-18-15-12-9-6-3)54-63-57(60)51-48-45-42-39-36-33-26-23-20-17-14-11-8-5-2/h7,9-10,12,16,18-19,21,25,28,33,36,56H,4-6,8,11,13-15,17,20,22-24,26-27,29-32,34-35,37-55H2,1-3H3/b10-7-,12-9-,19-16-,21-18-,28-25-,36-33-. The maximum Gasteiger partial charge on any atom is 0.306 e. The van der Waals surface area contributed by atoms with Gasteiger partial charge in [-0.25, -0.2) is 0 Å². The Morgan fingerprint density at radius 2 is 0.600 bits per heavy atom. The molecule has 374 valence electrons. The van der Waals surface area contributed by atoms with Crippen molar-refractivity contribution in [2.75, 3.05) is 13.2 Å². The lowest BCUT2D eigenvalue weighted by molar-refractivity contribution is -0.167. The number of carbonyl (C=O) groups excluding carboxylic acids is 3. The molecule has 0 bridgehead atoms. The molecule has 0 rings (SSSR count). The maximum absolute atomic E-state index is 12.8. The van der Waals surface area contributed by atoms with E-state index in [-0.39, 0.29) is 31.1 Å². The van der Waals surface area contributed by atoms with Crippen molar-refractivity contribution in [3.05, 3.63) is 72.9 Å². The Morgan fingerprint density at radius 1 is 0.323 bits per heavy atom. The molecule has 0 aromatic heterocycles. The smallest absolute Gasteiger partial charge is 0.306 e. The first kappa shape index (κ1) is 61.9. The number of rotatable bonds is 49. The van der Waals surface area contributed by atoms with E-state index in [1.807, 2.05) is 0 Å². The Hall–Kier alpha value is -3.15. The normalized spacial score (nSPS) is 12.6. The fourth-order valence-electron chi connectivity index (χ4n) is 7.61. The molecule has 1 atom stereocenters. The summed E-state index contributed by atoms with van der Waals surface area (Å²) < 4.78 is 16.8. The lowest BCUT2D eigenvalue weighted by Crippen LogP contribution is -2.30. The number of allylic oxidation sites excluding steroid dienone is 12. The predicted molar refractivity (Wildman–Crippen MR) is 279 cm³/mol. The Morgan fingerprint density at radius 3 is 0.969 bits per heavy atom. The number of esters is 3. The van der Waals surface area contributed by atoms with Gasteiger partial charge in [-0.15, -0.1) is 0 Å². The molecule has 65 heavy (non-hydrogen) atoms. The zero-order valence-electron chi connectivity index (χ0n) is 42.7. The van der Waals surface area contributed by atoms with Crippen molar-refractivity contribution < 1.29 is 28.6 Å². The topological polar surface area (TPSA) is 78.9 Å². The van der Waals surface area contributed by atoms with Crippen molar-refractivity contribution in [3.8, 4) is 0 Å². The van der Waals surface area contributed by atoms with Gasteiger partial charge in [0.25, 0.3) is 0 Å². The summed E-state index contributed by atoms with van der Waals surface area (Å²) in [5, 5.41) is 0. The van der Waals surface area contributed by atoms with E-state index in [0.717, 1.165) is 109 Å². The average Bonchev–Trinajstić information content (AvgIpc) is 3.30. The fraction of sp³-hybridized carbons (Fsp3) is 0.746. The van der Waals surface area contributed by atoms with Gasteiger partial charge in [-0.1, -0.05) is 216 Å². The average molecular weight is 907 g/mol. The van der Waals surface area contributed by atoms with Crippen LogP contribution in [0.5, 0.6) is 0 Å². The van der Waals surface area contributed by atoms with Gasteiger partial charge in [0.1, 0.15) is 13.2 Å². The van der Waals surface area contributed by atoms with Crippen molar-refractivity contribution in [2.24, 2.45) is 0 Å². The first-order chi connectivity index (χ1) is 32.0. The monoisotopic (exact) mass is 907 g/mol. The van der Waals surface area contributed by atoms with Crippen molar-refractivity contribution in [1.82, 2.24) is 0 Å². The van der Waals surface area contributed by atoms with Crippen LogP contribution >= 0.6 is 0 Å². The molecule has 6 nitrogen and oxygen atoms in total. The van der Waals surface area contributed by atoms with Crippen molar-refractivity contribution in [3.63, 3.8) is 0 Å². The molecule has 6 heteroatoms. The van der Waals surface area contributed by atoms with Crippen molar-refractivity contribution in [1.29, 1.82) is 0 Å². The van der Waals surface area contributed by atoms with E-state index in [9.17, 15) is 14.4 Å². The molecule has 0 spiro atoms. The van der Waals surface area contributed by atoms with Gasteiger partial charge >= 0.3 is 17.9 Å². The molecule has 0 amide bonds. The number of hydrogen-bond acceptors (Lipinski definition) is 6. The van der Waals surface area contributed by atoms with Crippen molar-refractivity contribution in [2.45, 2.75) is 271 Å². The van der Waals surface area contributed by atoms with Crippen LogP contribution in [-0.4, -0.2) is 37.2 Å². The van der Waals surface area contributed by atoms with Crippen LogP contribution in [0, 0.1) is 0 Å². The SMILES string of the molecule is CC/C=C\C/C=C\C/C=C\CCCCCCCCCCCC(=O)OCC(COC(=O)CCCCC/C=C\CCCCCCCCC)OC(=O)CCCCCCCCC/C=C\C/C=C\CC. The third-order valence-corrected chi connectivity index (χ3v) is 11.7. The minimum Gasteiger partial charge on any atom is -0.462 e. The lowest BCUT2D eigenvalue weighted by atomic mass is 10.1. The molecule has 1 unspecified atom stereocenters. The Kier molecular flexibility index (Phi) is 50.9. The highest BCUT2D eigenvalue weighted by Crippen LogP contribution is 2.15. The summed E-state index contributed by atoms with van der Waals surface area (Å²) in [6.07, 6.45) is 67.4. The molecule has 0 radical (unpaired) electrons. The molecule has 0 aliphatic heterocycles. The molecule has 0 heterocycles. The van der Waals surface area contributed by atoms with Gasteiger partial charge in [-0.05, 0) is 103 Å². The number of ether oxygens (including phenoxy) is 3. The summed E-state index contributed by atoms with van der Waals surface area (Å²) in [6, 6.07) is 0. The number of carbonyl (C=O) groups is 3. The third-order valence-electron chi connectivity index (χ3n) is 11.7. The van der Waals surface area contributed by atoms with Crippen LogP contribution in [0.25, 0.3) is 0 Å². The minimum absolute atomic E-state index is 0.0859. The summed E-state index contributed by atoms with van der Waals surface area (Å²) in [7, 11) is 0. The molecule has 0 saturated heterocycles. The molecule has 0 aliphatic carbocycles. The van der Waals surface area contributed by atoms with Gasteiger partial charge in [0.05, 0.1) is 0 Å². The Labute approximate surface area is 402 Å². The molecule has 0 aromatic carbocycles. The van der Waals surface area contributed by atoms with Crippen LogP contribution in [0.15, 0.2) is 72.9 Å². The summed E-state index contributed by atoms with van der Waals surface area (Å²) in [6.45, 7) is 6.41. The van der Waals surface area contributed by atoms with E-state index in [2.05, 4.69) is 93.7 Å². The van der Waals surface area contributed by atoms with Gasteiger partial charge in [-0.2, -0.15) is 0 Å². The second-order valence-electron chi connectivity index (χ2n) is 18.1. The summed E-state index contributed by atoms with van der Waals surface area (Å²) in [4.78, 5) is 38.1. The van der Waals surface area contributed by atoms with E-state index in [0.29, 0.717) is 19.3 Å². The highest BCUT2D eigenvalue weighted by Gasteiger charge is 2.19. The zero-order valence-corrected chi connectivity index (χ0v) is 42.7. The summed E-state index contributed by atoms with van der Waals surface area (Å²) >= 11 is 0. The van der Waals surface area contributed by atoms with Crippen LogP contribution < -0.4 is 0 Å². The van der Waals surface area contributed by atoms with Gasteiger partial charge < -0.3 is 14.2 Å². The molecular weight excluding hydrogens is 805 g/mol. The van der Waals surface area contributed by atoms with Gasteiger partial charge in [-0.3, -0.25) is 14.4 Å². The van der Waals surface area contributed by atoms with E-state index in [1.54, 1.807) is 0 Å². The lowest BCUT2D eigenvalue weighted by Gasteiger charge is -2.18. The molecule has 0 aromatic rings. The quantitative estimate of drug-likeness (QED) is 0.0262. The Bertz CT molecular complexity index is 1230. The minimum atomic E-state index is -0.787. The molecule has 0 N–H and O–H groups in total. The van der Waals surface area contributed by atoms with Crippen molar-refractivity contribution >= 4 is 17.9 Å².